The Labute approximate surface area is 81.4 Å². The molecule has 42 valence electrons. The zero-order chi connectivity index (χ0) is 5.82. The van der Waals surface area contributed by atoms with E-state index in [1.54, 1.807) is 0 Å². The van der Waals surface area contributed by atoms with Crippen LogP contribution in [0.2, 0.25) is 0 Å². The molecule has 0 aliphatic rings. The van der Waals surface area contributed by atoms with E-state index in [4.69, 9.17) is 0 Å². The van der Waals surface area contributed by atoms with Crippen molar-refractivity contribution in [3.63, 3.8) is 0 Å². The van der Waals surface area contributed by atoms with E-state index >= 15 is 0 Å². The summed E-state index contributed by atoms with van der Waals surface area (Å²) in [4.78, 5) is 0. The smallest absolute Gasteiger partial charge is 0.291 e. The molecule has 1 rings (SSSR count). The number of benzene rings is 1. The van der Waals surface area contributed by atoms with Crippen LogP contribution in [0.3, 0.4) is 0 Å². The molecule has 0 heterocycles. The van der Waals surface area contributed by atoms with Gasteiger partial charge in [-0.25, -0.2) is 0 Å². The van der Waals surface area contributed by atoms with Gasteiger partial charge in [-0.3, -0.25) is 10.2 Å². The molecule has 2 heteroatoms. The molecule has 0 unspecified atom stereocenters. The van der Waals surface area contributed by atoms with E-state index < -0.39 is 0 Å². The molecule has 0 nitrogen and oxygen atoms in total. The second-order valence-electron chi connectivity index (χ2n) is 1.74. The largest absolute Gasteiger partial charge is 1.00 e. The molecule has 0 saturated heterocycles. The minimum atomic E-state index is 0. The molecule has 9 heavy (non-hydrogen) atoms. The van der Waals surface area contributed by atoms with Crippen LogP contribution in [0.4, 0.5) is 0 Å². The van der Waals surface area contributed by atoms with E-state index in [9.17, 15) is 0 Å². The fourth-order valence-electron chi connectivity index (χ4n) is 0.645. The summed E-state index contributed by atoms with van der Waals surface area (Å²) in [5.74, 6) is 0. The van der Waals surface area contributed by atoms with Crippen molar-refractivity contribution in [2.75, 3.05) is 0 Å². The molecule has 1 aromatic carbocycles. The van der Waals surface area contributed by atoms with Crippen LogP contribution in [-0.2, 0) is 6.04 Å². The molecule has 1 aromatic rings. The third-order valence-corrected chi connectivity index (χ3v) is 1.71. The molecule has 0 fully saturated rings. The molecule has 0 spiro atoms. The van der Waals surface area contributed by atoms with Crippen LogP contribution in [0.5, 0.6) is 0 Å². The van der Waals surface area contributed by atoms with Gasteiger partial charge in [0, 0.05) is 0 Å². The molecule has 0 aliphatic heterocycles. The Morgan fingerprint density at radius 1 is 1.11 bits per heavy atom. The normalized spacial score (nSPS) is 8.11. The quantitative estimate of drug-likeness (QED) is 0.393. The van der Waals surface area contributed by atoms with Gasteiger partial charge in [-0.1, -0.05) is 35.9 Å². The Kier molecular flexibility index (Phi) is 5.49. The first-order valence-corrected chi connectivity index (χ1v) is 3.76. The second kappa shape index (κ2) is 5.24. The topological polar surface area (TPSA) is 0 Å². The van der Waals surface area contributed by atoms with Crippen molar-refractivity contribution in [1.29, 1.82) is 0 Å². The van der Waals surface area contributed by atoms with Gasteiger partial charge in [-0.05, 0) is 0 Å². The van der Waals surface area contributed by atoms with Crippen molar-refractivity contribution in [1.82, 2.24) is 0 Å². The van der Waals surface area contributed by atoms with Crippen LogP contribution in [0, 0.1) is 0 Å². The van der Waals surface area contributed by atoms with Gasteiger partial charge in [0.05, 0.1) is 0 Å². The molecule has 0 N–H and O–H groups in total. The van der Waals surface area contributed by atoms with Gasteiger partial charge >= 0.3 is 29.6 Å². The van der Waals surface area contributed by atoms with E-state index in [2.05, 4.69) is 24.3 Å². The van der Waals surface area contributed by atoms with Gasteiger partial charge in [0.1, 0.15) is 0 Å². The van der Waals surface area contributed by atoms with E-state index in [0.29, 0.717) is 0 Å². The molecular weight excluding hydrogens is 135 g/mol. The molecule has 0 aromatic heterocycles. The summed E-state index contributed by atoms with van der Waals surface area (Å²) >= 11 is 0. The number of rotatable bonds is 1. The van der Waals surface area contributed by atoms with E-state index in [-0.39, 0.29) is 29.6 Å². The van der Waals surface area contributed by atoms with Crippen molar-refractivity contribution in [2.45, 2.75) is 6.04 Å². The van der Waals surface area contributed by atoms with Gasteiger partial charge in [-0.2, -0.15) is 6.04 Å². The maximum atomic E-state index is 2.15. The van der Waals surface area contributed by atoms with Crippen LogP contribution in [0.1, 0.15) is 5.56 Å². The third kappa shape index (κ3) is 3.21. The Bertz CT molecular complexity index is 150. The molecule has 0 saturated carbocycles. The fourth-order valence-corrected chi connectivity index (χ4v) is 0.978. The number of hydrogen-bond donors (Lipinski definition) is 0. The van der Waals surface area contributed by atoms with Crippen molar-refractivity contribution < 1.29 is 29.6 Å². The summed E-state index contributed by atoms with van der Waals surface area (Å²) < 4.78 is 0. The van der Waals surface area contributed by atoms with Crippen molar-refractivity contribution in [2.24, 2.45) is 0 Å². The van der Waals surface area contributed by atoms with Crippen LogP contribution in [-0.4, -0.2) is 10.2 Å². The van der Waals surface area contributed by atoms with Gasteiger partial charge in [0.15, 0.2) is 0 Å². The van der Waals surface area contributed by atoms with Crippen molar-refractivity contribution in [3.8, 4) is 0 Å². The van der Waals surface area contributed by atoms with Crippen LogP contribution in [0.15, 0.2) is 30.3 Å². The first-order chi connectivity index (χ1) is 3.93. The summed E-state index contributed by atoms with van der Waals surface area (Å²) in [5.41, 5.74) is 1.42. The maximum Gasteiger partial charge on any atom is 1.00 e. The predicted octanol–water partition coefficient (Wildman–Crippen LogP) is -2.18. The first kappa shape index (κ1) is 9.44. The van der Waals surface area contributed by atoms with Gasteiger partial charge in [-0.15, -0.1) is 0 Å². The van der Waals surface area contributed by atoms with Gasteiger partial charge in [0.2, 0.25) is 0 Å². The average molecular weight is 144 g/mol. The maximum absolute atomic E-state index is 2.15. The molecule has 0 atom stereocenters. The van der Waals surface area contributed by atoms with Crippen LogP contribution < -0.4 is 29.6 Å². The summed E-state index contributed by atoms with van der Waals surface area (Å²) in [6, 6.07) is 11.6. The molecule has 0 radical (unpaired) electrons. The average Bonchev–Trinajstić information content (AvgIpc) is 1.90. The van der Waals surface area contributed by atoms with E-state index in [1.807, 2.05) is 16.3 Å². The standard InChI is InChI=1S/C7H9Si.Na/c8-6-7-4-2-1-3-5-7;/h1-5H,6,8H2;/q-1;+1. The predicted molar refractivity (Wildman–Crippen MR) is 38.7 cm³/mol. The Hall–Kier alpha value is 0.437. The van der Waals surface area contributed by atoms with Gasteiger partial charge in [0.25, 0.3) is 0 Å². The Morgan fingerprint density at radius 3 is 2.00 bits per heavy atom. The summed E-state index contributed by atoms with van der Waals surface area (Å²) in [7, 11) is 1.98. The minimum Gasteiger partial charge on any atom is -0.291 e. The van der Waals surface area contributed by atoms with Crippen LogP contribution in [0.25, 0.3) is 0 Å². The number of hydrogen-bond acceptors (Lipinski definition) is 0. The fraction of sp³-hybridized carbons (Fsp3) is 0.143. The monoisotopic (exact) mass is 144 g/mol. The molecule has 0 bridgehead atoms. The first-order valence-electron chi connectivity index (χ1n) is 2.76. The van der Waals surface area contributed by atoms with Crippen molar-refractivity contribution >= 4 is 10.2 Å². The third-order valence-electron chi connectivity index (χ3n) is 1.13. The van der Waals surface area contributed by atoms with Crippen LogP contribution >= 0.6 is 0 Å². The minimum absolute atomic E-state index is 0. The van der Waals surface area contributed by atoms with E-state index in [1.165, 1.54) is 11.6 Å². The van der Waals surface area contributed by atoms with Gasteiger partial charge < -0.3 is 0 Å². The summed E-state index contributed by atoms with van der Waals surface area (Å²) in [5, 5.41) is 0. The summed E-state index contributed by atoms with van der Waals surface area (Å²) in [6.07, 6.45) is 0. The Balaban J connectivity index is 0.000000640. The Morgan fingerprint density at radius 2 is 1.67 bits per heavy atom. The molecule has 0 aliphatic carbocycles. The summed E-state index contributed by atoms with van der Waals surface area (Å²) in [6.45, 7) is 0. The SMILES string of the molecule is [Na+].[SiH2-]Cc1ccccc1. The second-order valence-corrected chi connectivity index (χ2v) is 2.24. The zero-order valence-corrected chi connectivity index (χ0v) is 9.22. The zero-order valence-electron chi connectivity index (χ0n) is 5.80. The molecular formula is C7H9NaSi. The molecule has 0 amide bonds. The van der Waals surface area contributed by atoms with Crippen molar-refractivity contribution in [3.05, 3.63) is 35.9 Å². The van der Waals surface area contributed by atoms with E-state index in [0.717, 1.165) is 0 Å².